The van der Waals surface area contributed by atoms with Crippen LogP contribution in [-0.4, -0.2) is 42.9 Å². The topological polar surface area (TPSA) is 75.4 Å². The summed E-state index contributed by atoms with van der Waals surface area (Å²) in [6.45, 7) is 4.49. The van der Waals surface area contributed by atoms with Crippen LogP contribution >= 0.6 is 12.4 Å². The molecule has 0 saturated heterocycles. The van der Waals surface area contributed by atoms with Gasteiger partial charge in [0.1, 0.15) is 0 Å². The lowest BCUT2D eigenvalue weighted by Crippen LogP contribution is -2.52. The first-order valence-corrected chi connectivity index (χ1v) is 6.62. The zero-order valence-corrected chi connectivity index (χ0v) is 13.3. The van der Waals surface area contributed by atoms with Crippen molar-refractivity contribution in [1.82, 2.24) is 10.2 Å². The van der Waals surface area contributed by atoms with Crippen LogP contribution < -0.4 is 11.1 Å². The minimum absolute atomic E-state index is 0. The molecule has 0 bridgehead atoms. The molecule has 0 aromatic carbocycles. The molecule has 0 aromatic rings. The molecule has 0 aliphatic heterocycles. The van der Waals surface area contributed by atoms with E-state index in [9.17, 15) is 9.59 Å². The van der Waals surface area contributed by atoms with Crippen LogP contribution in [0, 0.1) is 0 Å². The Morgan fingerprint density at radius 2 is 1.68 bits per heavy atom. The van der Waals surface area contributed by atoms with Crippen LogP contribution in [0.4, 0.5) is 0 Å². The summed E-state index contributed by atoms with van der Waals surface area (Å²) in [4.78, 5) is 24.7. The summed E-state index contributed by atoms with van der Waals surface area (Å²) in [5.74, 6) is 0.0366. The molecule has 0 atom stereocenters. The maximum absolute atomic E-state index is 11.8. The Morgan fingerprint density at radius 3 is 2.05 bits per heavy atom. The summed E-state index contributed by atoms with van der Waals surface area (Å²) >= 11 is 0. The first kappa shape index (κ1) is 20.5. The molecule has 0 spiro atoms. The SMILES string of the molecule is CCC(CC)(CN)NC(=O)CCCC(=O)N(C)C.Cl. The van der Waals surface area contributed by atoms with Gasteiger partial charge in [-0.2, -0.15) is 0 Å². The molecule has 0 aromatic heterocycles. The number of hydrogen-bond acceptors (Lipinski definition) is 3. The lowest BCUT2D eigenvalue weighted by atomic mass is 9.92. The molecule has 0 aliphatic carbocycles. The van der Waals surface area contributed by atoms with Gasteiger partial charge in [-0.1, -0.05) is 13.8 Å². The van der Waals surface area contributed by atoms with Gasteiger partial charge in [0.25, 0.3) is 0 Å². The van der Waals surface area contributed by atoms with Crippen molar-refractivity contribution >= 4 is 24.2 Å². The predicted molar refractivity (Wildman–Crippen MR) is 80.3 cm³/mol. The van der Waals surface area contributed by atoms with Crippen molar-refractivity contribution in [1.29, 1.82) is 0 Å². The van der Waals surface area contributed by atoms with Gasteiger partial charge in [-0.05, 0) is 19.3 Å². The third-order valence-corrected chi connectivity index (χ3v) is 3.44. The highest BCUT2D eigenvalue weighted by Gasteiger charge is 2.25. The normalized spacial score (nSPS) is 10.6. The Kier molecular flexibility index (Phi) is 10.8. The van der Waals surface area contributed by atoms with Crippen molar-refractivity contribution in [2.45, 2.75) is 51.5 Å². The highest BCUT2D eigenvalue weighted by molar-refractivity contribution is 5.85. The molecule has 0 saturated carbocycles. The fourth-order valence-electron chi connectivity index (χ4n) is 1.75. The summed E-state index contributed by atoms with van der Waals surface area (Å²) in [5.41, 5.74) is 5.43. The minimum Gasteiger partial charge on any atom is -0.349 e. The van der Waals surface area contributed by atoms with E-state index in [1.807, 2.05) is 13.8 Å². The molecular formula is C13H28ClN3O2. The molecular weight excluding hydrogens is 266 g/mol. The molecule has 5 nitrogen and oxygen atoms in total. The molecule has 19 heavy (non-hydrogen) atoms. The van der Waals surface area contributed by atoms with E-state index in [1.165, 1.54) is 0 Å². The summed E-state index contributed by atoms with van der Waals surface area (Å²) < 4.78 is 0. The average Bonchev–Trinajstić information content (AvgIpc) is 2.35. The zero-order valence-electron chi connectivity index (χ0n) is 12.5. The number of nitrogens with two attached hydrogens (primary N) is 1. The van der Waals surface area contributed by atoms with Gasteiger partial charge in [-0.25, -0.2) is 0 Å². The summed E-state index contributed by atoms with van der Waals surface area (Å²) in [5, 5.41) is 2.99. The largest absolute Gasteiger partial charge is 0.349 e. The Morgan fingerprint density at radius 1 is 1.16 bits per heavy atom. The number of carbonyl (C=O) groups is 2. The van der Waals surface area contributed by atoms with Crippen LogP contribution in [0.1, 0.15) is 46.0 Å². The van der Waals surface area contributed by atoms with E-state index in [4.69, 9.17) is 5.73 Å². The van der Waals surface area contributed by atoms with E-state index in [1.54, 1.807) is 19.0 Å². The summed E-state index contributed by atoms with van der Waals surface area (Å²) in [6.07, 6.45) is 3.01. The van der Waals surface area contributed by atoms with Gasteiger partial charge >= 0.3 is 0 Å². The molecule has 0 unspecified atom stereocenters. The van der Waals surface area contributed by atoms with Crippen LogP contribution in [0.15, 0.2) is 0 Å². The molecule has 114 valence electrons. The predicted octanol–water partition coefficient (Wildman–Crippen LogP) is 1.30. The second-order valence-electron chi connectivity index (χ2n) is 4.88. The lowest BCUT2D eigenvalue weighted by molar-refractivity contribution is -0.129. The van der Waals surface area contributed by atoms with Crippen LogP contribution in [0.25, 0.3) is 0 Å². The summed E-state index contributed by atoms with van der Waals surface area (Å²) in [6, 6.07) is 0. The minimum atomic E-state index is -0.289. The summed E-state index contributed by atoms with van der Waals surface area (Å²) in [7, 11) is 3.44. The van der Waals surface area contributed by atoms with Crippen LogP contribution in [-0.2, 0) is 9.59 Å². The second kappa shape index (κ2) is 10.0. The van der Waals surface area contributed by atoms with E-state index in [2.05, 4.69) is 5.32 Å². The van der Waals surface area contributed by atoms with Gasteiger partial charge in [-0.15, -0.1) is 12.4 Å². The first-order valence-electron chi connectivity index (χ1n) is 6.62. The third kappa shape index (κ3) is 7.38. The fourth-order valence-corrected chi connectivity index (χ4v) is 1.75. The first-order chi connectivity index (χ1) is 8.40. The van der Waals surface area contributed by atoms with Crippen molar-refractivity contribution in [3.63, 3.8) is 0 Å². The number of carbonyl (C=O) groups excluding carboxylic acids is 2. The van der Waals surface area contributed by atoms with Gasteiger partial charge in [0.15, 0.2) is 0 Å². The number of nitrogens with zero attached hydrogens (tertiary/aromatic N) is 1. The zero-order chi connectivity index (χ0) is 14.2. The quantitative estimate of drug-likeness (QED) is 0.708. The molecule has 3 N–H and O–H groups in total. The number of hydrogen-bond donors (Lipinski definition) is 2. The van der Waals surface area contributed by atoms with Crippen LogP contribution in [0.2, 0.25) is 0 Å². The van der Waals surface area contributed by atoms with Gasteiger partial charge < -0.3 is 16.0 Å². The Labute approximate surface area is 122 Å². The molecule has 0 fully saturated rings. The molecule has 0 radical (unpaired) electrons. The third-order valence-electron chi connectivity index (χ3n) is 3.44. The molecule has 6 heteroatoms. The van der Waals surface area contributed by atoms with E-state index in [0.717, 1.165) is 12.8 Å². The number of amides is 2. The Bertz CT molecular complexity index is 271. The maximum Gasteiger partial charge on any atom is 0.222 e. The highest BCUT2D eigenvalue weighted by atomic mass is 35.5. The van der Waals surface area contributed by atoms with Gasteiger partial charge in [0, 0.05) is 33.5 Å². The monoisotopic (exact) mass is 293 g/mol. The molecule has 0 heterocycles. The number of halogens is 1. The molecule has 0 aliphatic rings. The van der Waals surface area contributed by atoms with E-state index < -0.39 is 0 Å². The smallest absolute Gasteiger partial charge is 0.222 e. The van der Waals surface area contributed by atoms with E-state index in [0.29, 0.717) is 25.8 Å². The Balaban J connectivity index is 0. The van der Waals surface area contributed by atoms with Crippen molar-refractivity contribution in [3.05, 3.63) is 0 Å². The van der Waals surface area contributed by atoms with Crippen LogP contribution in [0.3, 0.4) is 0 Å². The second-order valence-corrected chi connectivity index (χ2v) is 4.88. The lowest BCUT2D eigenvalue weighted by Gasteiger charge is -2.31. The average molecular weight is 294 g/mol. The fraction of sp³-hybridized carbons (Fsp3) is 0.846. The van der Waals surface area contributed by atoms with Crippen LogP contribution in [0.5, 0.6) is 0 Å². The van der Waals surface area contributed by atoms with E-state index >= 15 is 0 Å². The number of rotatable bonds is 8. The van der Waals surface area contributed by atoms with Crippen molar-refractivity contribution in [3.8, 4) is 0 Å². The molecule has 2 amide bonds. The number of nitrogens with one attached hydrogen (secondary N) is 1. The van der Waals surface area contributed by atoms with Crippen molar-refractivity contribution in [2.75, 3.05) is 20.6 Å². The highest BCUT2D eigenvalue weighted by Crippen LogP contribution is 2.13. The van der Waals surface area contributed by atoms with E-state index in [-0.39, 0.29) is 29.8 Å². The van der Waals surface area contributed by atoms with Gasteiger partial charge in [0.2, 0.25) is 11.8 Å². The van der Waals surface area contributed by atoms with Gasteiger partial charge in [0.05, 0.1) is 5.54 Å². The van der Waals surface area contributed by atoms with Gasteiger partial charge in [-0.3, -0.25) is 9.59 Å². The van der Waals surface area contributed by atoms with Crippen molar-refractivity contribution in [2.24, 2.45) is 5.73 Å². The Hall–Kier alpha value is -0.810. The molecule has 0 rings (SSSR count). The standard InChI is InChI=1S/C13H27N3O2.ClH/c1-5-13(6-2,10-14)15-11(17)8-7-9-12(18)16(3)4;/h5-10,14H2,1-4H3,(H,15,17);1H. The van der Waals surface area contributed by atoms with Crippen molar-refractivity contribution < 1.29 is 9.59 Å². The maximum atomic E-state index is 11.8.